The van der Waals surface area contributed by atoms with Gasteiger partial charge in [-0.1, -0.05) is 26.0 Å². The molecule has 1 fully saturated rings. The number of likely N-dealkylation sites (tertiary alicyclic amines) is 1. The minimum absolute atomic E-state index is 0.0174. The summed E-state index contributed by atoms with van der Waals surface area (Å²) < 4.78 is 5.82. The van der Waals surface area contributed by atoms with Crippen molar-refractivity contribution in [1.29, 1.82) is 0 Å². The number of ether oxygens (including phenoxy) is 1. The predicted molar refractivity (Wildman–Crippen MR) is 101 cm³/mol. The maximum Gasteiger partial charge on any atom is 0.311 e. The largest absolute Gasteiger partial charge is 0.493 e. The molecule has 1 amide bonds. The monoisotopic (exact) mass is 361 g/mol. The molecule has 1 N–H and O–H groups in total. The Hall–Kier alpha value is -2.04. The van der Waals surface area contributed by atoms with Gasteiger partial charge in [-0.25, -0.2) is 0 Å². The molecule has 0 aliphatic carbocycles. The standard InChI is InChI=1S/C21H31NO4/c1-15(2)21(20(24)25)10-11-22(14-21)19(23)7-5-6-12-26-18-13-16(3)8-9-17(18)4/h8-9,13,15H,5-7,10-12,14H2,1-4H3,(H,24,25). The predicted octanol–water partition coefficient (Wildman–Crippen LogP) is 3.81. The average molecular weight is 361 g/mol. The number of amides is 1. The van der Waals surface area contributed by atoms with Gasteiger partial charge < -0.3 is 14.7 Å². The number of carboxylic acids is 1. The Morgan fingerprint density at radius 3 is 2.62 bits per heavy atom. The molecular weight excluding hydrogens is 330 g/mol. The first-order valence-electron chi connectivity index (χ1n) is 9.47. The van der Waals surface area contributed by atoms with Gasteiger partial charge in [-0.2, -0.15) is 0 Å². The van der Waals surface area contributed by atoms with Gasteiger partial charge in [0, 0.05) is 19.5 Å². The molecule has 1 atom stereocenters. The van der Waals surface area contributed by atoms with E-state index in [0.717, 1.165) is 24.2 Å². The number of unbranched alkanes of at least 4 members (excludes halogenated alkanes) is 1. The number of aryl methyl sites for hydroxylation is 2. The van der Waals surface area contributed by atoms with E-state index in [-0.39, 0.29) is 11.8 Å². The van der Waals surface area contributed by atoms with Crippen molar-refractivity contribution in [2.24, 2.45) is 11.3 Å². The molecular formula is C21H31NO4. The minimum atomic E-state index is -0.790. The van der Waals surface area contributed by atoms with Gasteiger partial charge in [0.25, 0.3) is 0 Å². The van der Waals surface area contributed by atoms with Gasteiger partial charge in [0.15, 0.2) is 0 Å². The van der Waals surface area contributed by atoms with E-state index >= 15 is 0 Å². The number of carbonyl (C=O) groups is 2. The maximum atomic E-state index is 12.4. The number of rotatable bonds is 8. The van der Waals surface area contributed by atoms with Gasteiger partial charge in [-0.15, -0.1) is 0 Å². The third-order valence-corrected chi connectivity index (χ3v) is 5.57. The molecule has 5 nitrogen and oxygen atoms in total. The van der Waals surface area contributed by atoms with Crippen molar-refractivity contribution >= 4 is 11.9 Å². The van der Waals surface area contributed by atoms with Crippen LogP contribution in [-0.4, -0.2) is 41.6 Å². The van der Waals surface area contributed by atoms with E-state index in [9.17, 15) is 14.7 Å². The number of hydrogen-bond acceptors (Lipinski definition) is 3. The average Bonchev–Trinajstić information content (AvgIpc) is 3.04. The second kappa shape index (κ2) is 8.56. The lowest BCUT2D eigenvalue weighted by molar-refractivity contribution is -0.151. The summed E-state index contributed by atoms with van der Waals surface area (Å²) in [4.78, 5) is 25.8. The molecule has 1 aliphatic heterocycles. The Labute approximate surface area is 156 Å². The molecule has 26 heavy (non-hydrogen) atoms. The lowest BCUT2D eigenvalue weighted by Crippen LogP contribution is -2.40. The highest BCUT2D eigenvalue weighted by Gasteiger charge is 2.48. The zero-order chi connectivity index (χ0) is 19.3. The zero-order valence-corrected chi connectivity index (χ0v) is 16.4. The maximum absolute atomic E-state index is 12.4. The van der Waals surface area contributed by atoms with Crippen molar-refractivity contribution < 1.29 is 19.4 Å². The Morgan fingerprint density at radius 1 is 1.27 bits per heavy atom. The lowest BCUT2D eigenvalue weighted by atomic mass is 9.76. The first kappa shape index (κ1) is 20.3. The molecule has 1 aliphatic rings. The van der Waals surface area contributed by atoms with Gasteiger partial charge in [0.05, 0.1) is 12.0 Å². The molecule has 1 saturated heterocycles. The summed E-state index contributed by atoms with van der Waals surface area (Å²) in [6.45, 7) is 9.37. The summed E-state index contributed by atoms with van der Waals surface area (Å²) >= 11 is 0. The van der Waals surface area contributed by atoms with E-state index < -0.39 is 11.4 Å². The van der Waals surface area contributed by atoms with Crippen LogP contribution in [0.1, 0.15) is 50.7 Å². The number of benzene rings is 1. The summed E-state index contributed by atoms with van der Waals surface area (Å²) in [5, 5.41) is 9.58. The minimum Gasteiger partial charge on any atom is -0.493 e. The Balaban J connectivity index is 1.74. The summed E-state index contributed by atoms with van der Waals surface area (Å²) in [6.07, 6.45) is 2.55. The van der Waals surface area contributed by atoms with Crippen LogP contribution < -0.4 is 4.74 Å². The van der Waals surface area contributed by atoms with E-state index in [1.54, 1.807) is 4.90 Å². The summed E-state index contributed by atoms with van der Waals surface area (Å²) in [7, 11) is 0. The van der Waals surface area contributed by atoms with Crippen molar-refractivity contribution in [2.75, 3.05) is 19.7 Å². The van der Waals surface area contributed by atoms with Gasteiger partial charge in [0.2, 0.25) is 5.91 Å². The van der Waals surface area contributed by atoms with Gasteiger partial charge in [0.1, 0.15) is 5.75 Å². The van der Waals surface area contributed by atoms with Crippen LogP contribution in [0.4, 0.5) is 0 Å². The smallest absolute Gasteiger partial charge is 0.311 e. The quantitative estimate of drug-likeness (QED) is 0.715. The van der Waals surface area contributed by atoms with Crippen LogP contribution in [0.25, 0.3) is 0 Å². The molecule has 0 bridgehead atoms. The highest BCUT2D eigenvalue weighted by molar-refractivity contribution is 5.80. The fourth-order valence-electron chi connectivity index (χ4n) is 3.52. The van der Waals surface area contributed by atoms with Crippen molar-refractivity contribution in [3.63, 3.8) is 0 Å². The van der Waals surface area contributed by atoms with Crippen LogP contribution in [0.5, 0.6) is 5.75 Å². The fourth-order valence-corrected chi connectivity index (χ4v) is 3.52. The number of carboxylic acid groups (broad SMARTS) is 1. The SMILES string of the molecule is Cc1ccc(C)c(OCCCCC(=O)N2CCC(C(=O)O)(C(C)C)C2)c1. The Kier molecular flexibility index (Phi) is 6.68. The van der Waals surface area contributed by atoms with E-state index in [1.165, 1.54) is 5.56 Å². The lowest BCUT2D eigenvalue weighted by Gasteiger charge is -2.28. The van der Waals surface area contributed by atoms with Crippen molar-refractivity contribution in [1.82, 2.24) is 4.90 Å². The van der Waals surface area contributed by atoms with Gasteiger partial charge >= 0.3 is 5.97 Å². The third-order valence-electron chi connectivity index (χ3n) is 5.57. The molecule has 1 aromatic rings. The molecule has 5 heteroatoms. The highest BCUT2D eigenvalue weighted by Crippen LogP contribution is 2.38. The van der Waals surface area contributed by atoms with Crippen LogP contribution in [0.3, 0.4) is 0 Å². The molecule has 0 aromatic heterocycles. The number of carbonyl (C=O) groups excluding carboxylic acids is 1. The first-order valence-corrected chi connectivity index (χ1v) is 9.47. The Bertz CT molecular complexity index is 655. The topological polar surface area (TPSA) is 66.8 Å². The van der Waals surface area contributed by atoms with E-state index in [2.05, 4.69) is 6.07 Å². The Morgan fingerprint density at radius 2 is 2.00 bits per heavy atom. The molecule has 144 valence electrons. The second-order valence-electron chi connectivity index (χ2n) is 7.76. The molecule has 1 unspecified atom stereocenters. The van der Waals surface area contributed by atoms with E-state index in [0.29, 0.717) is 32.5 Å². The van der Waals surface area contributed by atoms with Crippen LogP contribution in [0, 0.1) is 25.2 Å². The molecule has 0 radical (unpaired) electrons. The molecule has 2 rings (SSSR count). The highest BCUT2D eigenvalue weighted by atomic mass is 16.5. The number of hydrogen-bond donors (Lipinski definition) is 1. The van der Waals surface area contributed by atoms with Crippen LogP contribution in [0.2, 0.25) is 0 Å². The number of aliphatic carboxylic acids is 1. The summed E-state index contributed by atoms with van der Waals surface area (Å²) in [6, 6.07) is 6.14. The van der Waals surface area contributed by atoms with Crippen LogP contribution in [0.15, 0.2) is 18.2 Å². The molecule has 1 aromatic carbocycles. The van der Waals surface area contributed by atoms with Gasteiger partial charge in [-0.05, 0) is 56.2 Å². The normalized spacial score (nSPS) is 19.8. The molecule has 0 saturated carbocycles. The molecule has 0 spiro atoms. The van der Waals surface area contributed by atoms with Gasteiger partial charge in [-0.3, -0.25) is 9.59 Å². The zero-order valence-electron chi connectivity index (χ0n) is 16.4. The van der Waals surface area contributed by atoms with Crippen LogP contribution in [-0.2, 0) is 9.59 Å². The van der Waals surface area contributed by atoms with Crippen LogP contribution >= 0.6 is 0 Å². The van der Waals surface area contributed by atoms with Crippen molar-refractivity contribution in [3.05, 3.63) is 29.3 Å². The third kappa shape index (κ3) is 4.57. The van der Waals surface area contributed by atoms with E-state index in [4.69, 9.17) is 4.74 Å². The second-order valence-corrected chi connectivity index (χ2v) is 7.76. The van der Waals surface area contributed by atoms with Crippen molar-refractivity contribution in [2.45, 2.75) is 53.4 Å². The van der Waals surface area contributed by atoms with E-state index in [1.807, 2.05) is 39.8 Å². The summed E-state index contributed by atoms with van der Waals surface area (Å²) in [5.41, 5.74) is 1.49. The summed E-state index contributed by atoms with van der Waals surface area (Å²) in [5.74, 6) is 0.188. The number of nitrogens with zero attached hydrogens (tertiary/aromatic N) is 1. The first-order chi connectivity index (χ1) is 12.3. The molecule has 1 heterocycles. The fraction of sp³-hybridized carbons (Fsp3) is 0.619. The van der Waals surface area contributed by atoms with Crippen molar-refractivity contribution in [3.8, 4) is 5.75 Å².